The molecule has 0 fully saturated rings. The van der Waals surface area contributed by atoms with Gasteiger partial charge in [-0.3, -0.25) is 0 Å². The van der Waals surface area contributed by atoms with Crippen molar-refractivity contribution in [2.24, 2.45) is 0 Å². The summed E-state index contributed by atoms with van der Waals surface area (Å²) in [7, 11) is 4.57. The van der Waals surface area contributed by atoms with Gasteiger partial charge < -0.3 is 43.2 Å². The maximum atomic E-state index is 4.57. The number of hydrogen-bond donors (Lipinski definition) is 5. The summed E-state index contributed by atoms with van der Waals surface area (Å²) in [5, 5.41) is 0. The van der Waals surface area contributed by atoms with Crippen molar-refractivity contribution in [3.05, 3.63) is 0 Å². The molecule has 0 aliphatic carbocycles. The van der Waals surface area contributed by atoms with Crippen LogP contribution in [0.5, 0.6) is 0 Å². The molecule has 0 aromatic rings. The van der Waals surface area contributed by atoms with Gasteiger partial charge in [-0.2, -0.15) is 0 Å². The van der Waals surface area contributed by atoms with E-state index in [1.54, 1.807) is 0 Å². The van der Waals surface area contributed by atoms with Gasteiger partial charge in [0.05, 0.1) is 0 Å². The van der Waals surface area contributed by atoms with Crippen LogP contribution in [0.25, 0.3) is 0 Å². The van der Waals surface area contributed by atoms with E-state index in [-0.39, 0.29) is 43.2 Å². The molecule has 0 unspecified atom stereocenters. The topological polar surface area (TPSA) is 175 Å². The van der Waals surface area contributed by atoms with E-state index in [9.17, 15) is 0 Å². The van der Waals surface area contributed by atoms with E-state index < -0.39 is 0 Å². The second kappa shape index (κ2) is 390. The van der Waals surface area contributed by atoms with E-state index in [1.807, 2.05) is 17.3 Å². The van der Waals surface area contributed by atoms with Crippen molar-refractivity contribution in [1.29, 1.82) is 0 Å². The number of rotatable bonds is 0. The van der Waals surface area contributed by atoms with Crippen LogP contribution in [-0.2, 0) is 17.3 Å². The monoisotopic (exact) mass is 257 g/mol. The molecule has 15 N–H and O–H groups in total. The van der Waals surface area contributed by atoms with Crippen LogP contribution in [0.3, 0.4) is 0 Å². The van der Waals surface area contributed by atoms with Gasteiger partial charge in [0, 0.05) is 0 Å². The summed E-state index contributed by atoms with van der Waals surface area (Å²) in [6.45, 7) is 0. The Kier molecular flexibility index (Phi) is 7000. The van der Waals surface area contributed by atoms with Crippen LogP contribution in [0.2, 0.25) is 0 Å². The van der Waals surface area contributed by atoms with Crippen molar-refractivity contribution >= 4 is 9.69 Å². The van der Waals surface area contributed by atoms with Gasteiger partial charge in [-0.15, -0.1) is 0 Å². The van der Waals surface area contributed by atoms with E-state index in [4.69, 9.17) is 0 Å². The molecule has 0 aliphatic heterocycles. The molecule has 8 heavy (non-hydrogen) atoms. The van der Waals surface area contributed by atoms with Gasteiger partial charge in [-0.1, -0.05) is 0 Å². The van der Waals surface area contributed by atoms with Gasteiger partial charge in [0.15, 0.2) is 0 Å². The molecular weight excluding hydrogens is 242 g/mol. The summed E-state index contributed by atoms with van der Waals surface area (Å²) in [6.07, 6.45) is 0. The first-order valence-electron chi connectivity index (χ1n) is 0.134. The van der Waals surface area contributed by atoms with E-state index in [1.165, 1.54) is 0 Å². The van der Waals surface area contributed by atoms with E-state index in [2.05, 4.69) is 9.69 Å². The molecule has 0 aromatic heterocycles. The molecule has 62 valence electrons. The maximum absolute atomic E-state index is 4.57. The Labute approximate surface area is 70.4 Å². The molecule has 0 atom stereocenters. The molecule has 5 nitrogen and oxygen atoms in total. The molecule has 0 aromatic carbocycles. The number of halogens is 2. The zero-order chi connectivity index (χ0) is 2.00. The molecule has 0 rings (SSSR count). The Morgan fingerprint density at radius 1 is 0.625 bits per heavy atom. The van der Waals surface area contributed by atoms with Crippen LogP contribution >= 0.6 is 9.69 Å². The van der Waals surface area contributed by atoms with Crippen LogP contribution in [0.15, 0.2) is 0 Å². The fraction of sp³-hybridized carbons (Fsp3) is 0. The Balaban J connectivity index is -0.000000000333. The fourth-order valence-corrected chi connectivity index (χ4v) is 0. The Bertz CT molecular complexity index is 10.4. The third kappa shape index (κ3) is 251. The average molecular weight is 257 g/mol. The van der Waals surface area contributed by atoms with Crippen molar-refractivity contribution in [2.75, 3.05) is 0 Å². The molecule has 0 saturated heterocycles. The quantitative estimate of drug-likeness (QED) is 0.331. The summed E-state index contributed by atoms with van der Waals surface area (Å²) in [5.41, 5.74) is 0. The van der Waals surface area contributed by atoms with Crippen LogP contribution in [0.1, 0.15) is 0 Å². The van der Waals surface area contributed by atoms with Gasteiger partial charge >= 0.3 is 27.0 Å². The van der Waals surface area contributed by atoms with Crippen molar-refractivity contribution in [3.63, 3.8) is 0 Å². The Morgan fingerprint density at radius 3 is 0.625 bits per heavy atom. The standard InChI is InChI=1S/2ClH.5H3N.Ru/h2*1H;5*1H3;/q;;;;;;;+2/p-2. The molecule has 0 aliphatic rings. The molecular formula is H15Cl2N5Ru. The van der Waals surface area contributed by atoms with Crippen molar-refractivity contribution in [3.8, 4) is 0 Å². The second-order valence-corrected chi connectivity index (χ2v) is 0. The van der Waals surface area contributed by atoms with E-state index in [0.29, 0.717) is 0 Å². The van der Waals surface area contributed by atoms with Crippen LogP contribution < -0.4 is 43.2 Å². The predicted molar refractivity (Wildman–Crippen MR) is 31.0 cm³/mol. The van der Waals surface area contributed by atoms with Gasteiger partial charge in [0.1, 0.15) is 0 Å². The SMILES string of the molecule is N.N.N.N.N.[Cl-].[Cl][Ru+]. The van der Waals surface area contributed by atoms with E-state index in [0.717, 1.165) is 0 Å². The van der Waals surface area contributed by atoms with Crippen molar-refractivity contribution in [1.82, 2.24) is 30.8 Å². The van der Waals surface area contributed by atoms with Crippen LogP contribution in [0, 0.1) is 0 Å². The first-order chi connectivity index (χ1) is 1.00. The van der Waals surface area contributed by atoms with Crippen molar-refractivity contribution in [2.45, 2.75) is 0 Å². The van der Waals surface area contributed by atoms with Crippen LogP contribution in [-0.4, -0.2) is 0 Å². The first kappa shape index (κ1) is 144. The third-order valence-corrected chi connectivity index (χ3v) is 0. The normalized spacial score (nSPS) is 0.750. The summed E-state index contributed by atoms with van der Waals surface area (Å²) in [4.78, 5) is 0. The number of hydrogen-bond acceptors (Lipinski definition) is 5. The van der Waals surface area contributed by atoms with E-state index >= 15 is 0 Å². The second-order valence-electron chi connectivity index (χ2n) is 0. The summed E-state index contributed by atoms with van der Waals surface area (Å²) < 4.78 is 0. The first-order valence-corrected chi connectivity index (χ1v) is 2.37. The zero-order valence-electron chi connectivity index (χ0n) is 4.65. The molecule has 0 bridgehead atoms. The fourth-order valence-electron chi connectivity index (χ4n) is 0. The van der Waals surface area contributed by atoms with Gasteiger partial charge in [0.2, 0.25) is 0 Å². The van der Waals surface area contributed by atoms with Gasteiger partial charge in [-0.25, -0.2) is 0 Å². The molecule has 0 saturated carbocycles. The molecule has 8 heteroatoms. The molecule has 0 amide bonds. The third-order valence-electron chi connectivity index (χ3n) is 0. The van der Waals surface area contributed by atoms with Gasteiger partial charge in [0.25, 0.3) is 0 Å². The molecule has 0 radical (unpaired) electrons. The minimum absolute atomic E-state index is 0. The summed E-state index contributed by atoms with van der Waals surface area (Å²) in [6, 6.07) is 0. The Hall–Kier alpha value is 1.00. The average Bonchev–Trinajstić information content (AvgIpc) is 1.00. The van der Waals surface area contributed by atoms with Crippen LogP contribution in [0.4, 0.5) is 0 Å². The van der Waals surface area contributed by atoms with Crippen molar-refractivity contribution < 1.29 is 29.7 Å². The zero-order valence-corrected chi connectivity index (χ0v) is 7.89. The Morgan fingerprint density at radius 2 is 0.625 bits per heavy atom. The summed E-state index contributed by atoms with van der Waals surface area (Å²) >= 11 is 1.82. The van der Waals surface area contributed by atoms with Gasteiger partial charge in [-0.05, 0) is 0 Å². The molecule has 0 heterocycles. The summed E-state index contributed by atoms with van der Waals surface area (Å²) in [5.74, 6) is 0. The molecule has 0 spiro atoms. The minimum atomic E-state index is 0. The predicted octanol–water partition coefficient (Wildman–Crippen LogP) is -1.50.